The van der Waals surface area contributed by atoms with Gasteiger partial charge in [-0.15, -0.1) is 0 Å². The molecular weight excluding hydrogens is 342 g/mol. The number of hydrogen-bond acceptors (Lipinski definition) is 4. The zero-order chi connectivity index (χ0) is 19.6. The fraction of sp³-hybridized carbons (Fsp3) is 0.619. The van der Waals surface area contributed by atoms with Gasteiger partial charge in [-0.1, -0.05) is 32.0 Å². The molecule has 0 bridgehead atoms. The molecule has 150 valence electrons. The van der Waals surface area contributed by atoms with E-state index in [1.165, 1.54) is 16.8 Å². The summed E-state index contributed by atoms with van der Waals surface area (Å²) in [6.07, 6.45) is 3.68. The van der Waals surface area contributed by atoms with Crippen LogP contribution in [0.15, 0.2) is 18.2 Å². The van der Waals surface area contributed by atoms with Crippen molar-refractivity contribution < 1.29 is 14.3 Å². The van der Waals surface area contributed by atoms with Crippen LogP contribution in [-0.2, 0) is 22.4 Å². The molecule has 1 aromatic rings. The van der Waals surface area contributed by atoms with E-state index in [4.69, 9.17) is 4.74 Å². The number of hydrogen-bond donors (Lipinski definition) is 2. The molecule has 0 unspecified atom stereocenters. The van der Waals surface area contributed by atoms with Crippen molar-refractivity contribution in [1.29, 1.82) is 0 Å². The van der Waals surface area contributed by atoms with Crippen LogP contribution in [0.25, 0.3) is 0 Å². The molecule has 1 aliphatic heterocycles. The number of rotatable bonds is 8. The molecule has 1 aromatic carbocycles. The summed E-state index contributed by atoms with van der Waals surface area (Å²) in [6.45, 7) is 8.38. The van der Waals surface area contributed by atoms with Gasteiger partial charge in [0, 0.05) is 37.8 Å². The second-order valence-corrected chi connectivity index (χ2v) is 6.86. The van der Waals surface area contributed by atoms with Gasteiger partial charge in [-0.3, -0.25) is 4.79 Å². The molecule has 0 saturated carbocycles. The van der Waals surface area contributed by atoms with E-state index in [0.29, 0.717) is 32.7 Å². The summed E-state index contributed by atoms with van der Waals surface area (Å²) in [4.78, 5) is 25.7. The highest BCUT2D eigenvalue weighted by Gasteiger charge is 2.24. The normalized spacial score (nSPS) is 14.7. The Morgan fingerprint density at radius 3 is 2.30 bits per heavy atom. The van der Waals surface area contributed by atoms with Gasteiger partial charge in [0.05, 0.1) is 6.61 Å². The number of benzene rings is 1. The van der Waals surface area contributed by atoms with Gasteiger partial charge in [0.1, 0.15) is 0 Å². The Hall–Kier alpha value is -2.24. The number of likely N-dealkylation sites (tertiary alicyclic amines) is 1. The quantitative estimate of drug-likeness (QED) is 0.731. The van der Waals surface area contributed by atoms with Crippen molar-refractivity contribution in [2.75, 3.05) is 31.6 Å². The van der Waals surface area contributed by atoms with Gasteiger partial charge in [-0.05, 0) is 43.7 Å². The standard InChI is InChI=1S/C21H33N3O3/c1-4-16-8-7-9-17(5-2)20(16)22-13-10-19(25)23-18-11-14-24(15-12-18)21(26)27-6-3/h7-9,18,22H,4-6,10-15H2,1-3H3,(H,23,25). The summed E-state index contributed by atoms with van der Waals surface area (Å²) in [6, 6.07) is 6.51. The number of carbonyl (C=O) groups is 2. The van der Waals surface area contributed by atoms with E-state index >= 15 is 0 Å². The number of aryl methyl sites for hydroxylation is 2. The molecule has 2 rings (SSSR count). The molecular formula is C21H33N3O3. The Morgan fingerprint density at radius 1 is 1.11 bits per heavy atom. The van der Waals surface area contributed by atoms with Crippen molar-refractivity contribution in [3.8, 4) is 0 Å². The lowest BCUT2D eigenvalue weighted by molar-refractivity contribution is -0.121. The summed E-state index contributed by atoms with van der Waals surface area (Å²) in [7, 11) is 0. The highest BCUT2D eigenvalue weighted by Crippen LogP contribution is 2.22. The molecule has 1 aliphatic rings. The molecule has 0 atom stereocenters. The first kappa shape index (κ1) is 21.1. The molecule has 6 nitrogen and oxygen atoms in total. The van der Waals surface area contributed by atoms with E-state index in [-0.39, 0.29) is 18.0 Å². The average molecular weight is 376 g/mol. The maximum absolute atomic E-state index is 12.3. The zero-order valence-electron chi connectivity index (χ0n) is 16.8. The Balaban J connectivity index is 1.74. The van der Waals surface area contributed by atoms with Gasteiger partial charge in [0.15, 0.2) is 0 Å². The van der Waals surface area contributed by atoms with Crippen molar-refractivity contribution >= 4 is 17.7 Å². The summed E-state index contributed by atoms with van der Waals surface area (Å²) in [5, 5.41) is 6.55. The predicted octanol–water partition coefficient (Wildman–Crippen LogP) is 3.35. The zero-order valence-corrected chi connectivity index (χ0v) is 16.8. The summed E-state index contributed by atoms with van der Waals surface area (Å²) in [5.41, 5.74) is 3.76. The fourth-order valence-electron chi connectivity index (χ4n) is 3.49. The van der Waals surface area contributed by atoms with E-state index in [1.54, 1.807) is 11.8 Å². The molecule has 0 aliphatic carbocycles. The fourth-order valence-corrected chi connectivity index (χ4v) is 3.49. The van der Waals surface area contributed by atoms with Crippen LogP contribution < -0.4 is 10.6 Å². The van der Waals surface area contributed by atoms with Gasteiger partial charge in [-0.25, -0.2) is 4.79 Å². The van der Waals surface area contributed by atoms with Gasteiger partial charge in [0.25, 0.3) is 0 Å². The Labute approximate surface area is 162 Å². The van der Waals surface area contributed by atoms with E-state index in [0.717, 1.165) is 25.7 Å². The van der Waals surface area contributed by atoms with Crippen LogP contribution in [0, 0.1) is 0 Å². The average Bonchev–Trinajstić information content (AvgIpc) is 2.68. The molecule has 2 amide bonds. The van der Waals surface area contributed by atoms with Crippen LogP contribution in [0.3, 0.4) is 0 Å². The minimum Gasteiger partial charge on any atom is -0.450 e. The highest BCUT2D eigenvalue weighted by molar-refractivity contribution is 5.77. The van der Waals surface area contributed by atoms with Crippen LogP contribution in [0.5, 0.6) is 0 Å². The Morgan fingerprint density at radius 2 is 1.74 bits per heavy atom. The smallest absolute Gasteiger partial charge is 0.409 e. The number of piperidine rings is 1. The third-order valence-electron chi connectivity index (χ3n) is 5.04. The van der Waals surface area contributed by atoms with Crippen molar-refractivity contribution in [3.63, 3.8) is 0 Å². The van der Waals surface area contributed by atoms with Crippen molar-refractivity contribution in [1.82, 2.24) is 10.2 Å². The van der Waals surface area contributed by atoms with Crippen LogP contribution in [0.1, 0.15) is 51.2 Å². The largest absolute Gasteiger partial charge is 0.450 e. The lowest BCUT2D eigenvalue weighted by Gasteiger charge is -2.31. The third kappa shape index (κ3) is 6.15. The van der Waals surface area contributed by atoms with E-state index < -0.39 is 0 Å². The molecule has 6 heteroatoms. The summed E-state index contributed by atoms with van der Waals surface area (Å²) < 4.78 is 5.02. The second kappa shape index (κ2) is 10.8. The molecule has 0 radical (unpaired) electrons. The number of carbonyl (C=O) groups excluding carboxylic acids is 2. The topological polar surface area (TPSA) is 70.7 Å². The van der Waals surface area contributed by atoms with Crippen LogP contribution in [-0.4, -0.2) is 49.2 Å². The number of ether oxygens (including phenoxy) is 1. The number of nitrogens with one attached hydrogen (secondary N) is 2. The van der Waals surface area contributed by atoms with Crippen LogP contribution in [0.4, 0.5) is 10.5 Å². The number of para-hydroxylation sites is 1. The molecule has 2 N–H and O–H groups in total. The minimum absolute atomic E-state index is 0.0594. The summed E-state index contributed by atoms with van der Waals surface area (Å²) in [5.74, 6) is 0.0594. The molecule has 1 heterocycles. The molecule has 0 spiro atoms. The van der Waals surface area contributed by atoms with Gasteiger partial charge >= 0.3 is 6.09 Å². The lowest BCUT2D eigenvalue weighted by atomic mass is 10.0. The number of nitrogens with zero attached hydrogens (tertiary/aromatic N) is 1. The molecule has 1 fully saturated rings. The van der Waals surface area contributed by atoms with E-state index in [1.807, 2.05) is 0 Å². The molecule has 27 heavy (non-hydrogen) atoms. The van der Waals surface area contributed by atoms with Gasteiger partial charge in [0.2, 0.25) is 5.91 Å². The third-order valence-corrected chi connectivity index (χ3v) is 5.04. The Bertz CT molecular complexity index is 603. The first-order valence-electron chi connectivity index (χ1n) is 10.1. The SMILES string of the molecule is CCOC(=O)N1CCC(NC(=O)CCNc2c(CC)cccc2CC)CC1. The van der Waals surface area contributed by atoms with E-state index in [2.05, 4.69) is 42.7 Å². The maximum atomic E-state index is 12.3. The highest BCUT2D eigenvalue weighted by atomic mass is 16.6. The monoisotopic (exact) mass is 375 g/mol. The van der Waals surface area contributed by atoms with Crippen molar-refractivity contribution in [3.05, 3.63) is 29.3 Å². The number of anilines is 1. The second-order valence-electron chi connectivity index (χ2n) is 6.86. The van der Waals surface area contributed by atoms with Crippen molar-refractivity contribution in [2.45, 2.75) is 58.9 Å². The minimum atomic E-state index is -0.257. The van der Waals surface area contributed by atoms with Crippen LogP contribution in [0.2, 0.25) is 0 Å². The first-order valence-corrected chi connectivity index (χ1v) is 10.1. The summed E-state index contributed by atoms with van der Waals surface area (Å²) >= 11 is 0. The predicted molar refractivity (Wildman–Crippen MR) is 108 cm³/mol. The van der Waals surface area contributed by atoms with Crippen LogP contribution >= 0.6 is 0 Å². The van der Waals surface area contributed by atoms with Gasteiger partial charge in [-0.2, -0.15) is 0 Å². The van der Waals surface area contributed by atoms with Gasteiger partial charge < -0.3 is 20.3 Å². The lowest BCUT2D eigenvalue weighted by Crippen LogP contribution is -2.46. The van der Waals surface area contributed by atoms with Crippen molar-refractivity contribution in [2.24, 2.45) is 0 Å². The number of amides is 2. The maximum Gasteiger partial charge on any atom is 0.409 e. The molecule has 1 saturated heterocycles. The Kier molecular flexibility index (Phi) is 8.43. The van der Waals surface area contributed by atoms with E-state index in [9.17, 15) is 9.59 Å². The first-order chi connectivity index (χ1) is 13.1. The molecule has 0 aromatic heterocycles.